The molecule has 0 bridgehead atoms. The molecule has 1 aliphatic rings. The molecule has 7 heteroatoms. The fraction of sp³-hybridized carbons (Fsp3) is 0.727. The zero-order valence-electron chi connectivity index (χ0n) is 10.3. The molecule has 0 amide bonds. The molecule has 104 valence electrons. The van der Waals surface area contributed by atoms with Gasteiger partial charge in [0.25, 0.3) is 0 Å². The molecule has 0 spiro atoms. The average Bonchev–Trinajstić information content (AvgIpc) is 2.39. The molecule has 0 aromatic rings. The Morgan fingerprint density at radius 1 is 1.33 bits per heavy atom. The lowest BCUT2D eigenvalue weighted by Crippen LogP contribution is -2.59. The van der Waals surface area contributed by atoms with Crippen molar-refractivity contribution in [1.82, 2.24) is 0 Å². The fourth-order valence-electron chi connectivity index (χ4n) is 1.75. The van der Waals surface area contributed by atoms with E-state index in [2.05, 4.69) is 6.58 Å². The van der Waals surface area contributed by atoms with Crippen LogP contribution in [0.2, 0.25) is 0 Å². The summed E-state index contributed by atoms with van der Waals surface area (Å²) in [5, 5.41) is 19.5. The summed E-state index contributed by atoms with van der Waals surface area (Å²) in [6, 6.07) is 0. The van der Waals surface area contributed by atoms with Gasteiger partial charge in [0.05, 0.1) is 0 Å². The average molecular weight is 262 g/mol. The Labute approximate surface area is 105 Å². The summed E-state index contributed by atoms with van der Waals surface area (Å²) in [6.07, 6.45) is -3.96. The first-order valence-electron chi connectivity index (χ1n) is 5.41. The van der Waals surface area contributed by atoms with Crippen molar-refractivity contribution in [2.24, 2.45) is 0 Å². The lowest BCUT2D eigenvalue weighted by Gasteiger charge is -2.40. The van der Waals surface area contributed by atoms with E-state index in [-0.39, 0.29) is 6.61 Å². The van der Waals surface area contributed by atoms with Gasteiger partial charge in [-0.15, -0.1) is 0 Å². The van der Waals surface area contributed by atoms with Crippen LogP contribution in [0.1, 0.15) is 0 Å². The van der Waals surface area contributed by atoms with Crippen molar-refractivity contribution < 1.29 is 34.0 Å². The second-order valence-electron chi connectivity index (χ2n) is 3.79. The van der Waals surface area contributed by atoms with Gasteiger partial charge in [0.1, 0.15) is 31.0 Å². The molecule has 0 aliphatic carbocycles. The van der Waals surface area contributed by atoms with Gasteiger partial charge in [-0.1, -0.05) is 6.58 Å². The van der Waals surface area contributed by atoms with E-state index in [1.165, 1.54) is 14.2 Å². The molecule has 0 aromatic carbocycles. The first-order valence-corrected chi connectivity index (χ1v) is 5.41. The third-order valence-corrected chi connectivity index (χ3v) is 2.70. The number of aliphatic hydroxyl groups is 2. The summed E-state index contributed by atoms with van der Waals surface area (Å²) >= 11 is 0. The van der Waals surface area contributed by atoms with E-state index in [0.717, 1.165) is 6.08 Å². The summed E-state index contributed by atoms with van der Waals surface area (Å²) in [5.41, 5.74) is 0. The van der Waals surface area contributed by atoms with Crippen LogP contribution in [0.25, 0.3) is 0 Å². The Balaban J connectivity index is 2.67. The predicted octanol–water partition coefficient (Wildman–Crippen LogP) is -1.18. The quantitative estimate of drug-likeness (QED) is 0.476. The Bertz CT molecular complexity index is 293. The van der Waals surface area contributed by atoms with E-state index < -0.39 is 36.7 Å². The van der Waals surface area contributed by atoms with E-state index in [9.17, 15) is 15.0 Å². The zero-order chi connectivity index (χ0) is 13.7. The van der Waals surface area contributed by atoms with E-state index in [4.69, 9.17) is 18.9 Å². The van der Waals surface area contributed by atoms with E-state index in [0.29, 0.717) is 0 Å². The summed E-state index contributed by atoms with van der Waals surface area (Å²) in [6.45, 7) is 3.13. The number of methoxy groups -OCH3 is 2. The van der Waals surface area contributed by atoms with Gasteiger partial charge in [0.15, 0.2) is 6.29 Å². The van der Waals surface area contributed by atoms with Crippen molar-refractivity contribution in [2.75, 3.05) is 20.8 Å². The van der Waals surface area contributed by atoms with Gasteiger partial charge >= 0.3 is 5.97 Å². The largest absolute Gasteiger partial charge is 0.460 e. The van der Waals surface area contributed by atoms with Crippen LogP contribution in [0, 0.1) is 0 Å². The number of ether oxygens (including phenoxy) is 4. The number of carbonyl (C=O) groups is 1. The summed E-state index contributed by atoms with van der Waals surface area (Å²) < 4.78 is 20.1. The van der Waals surface area contributed by atoms with Crippen LogP contribution in [-0.4, -0.2) is 67.7 Å². The van der Waals surface area contributed by atoms with Crippen LogP contribution in [0.15, 0.2) is 12.7 Å². The molecular weight excluding hydrogens is 244 g/mol. The highest BCUT2D eigenvalue weighted by molar-refractivity contribution is 5.81. The molecule has 5 atom stereocenters. The molecule has 18 heavy (non-hydrogen) atoms. The highest BCUT2D eigenvalue weighted by Crippen LogP contribution is 2.23. The van der Waals surface area contributed by atoms with E-state index in [1.54, 1.807) is 0 Å². The SMILES string of the molecule is C=CC(=O)OCC1OC(OC)C(O)C(O)C1OC. The van der Waals surface area contributed by atoms with Crippen molar-refractivity contribution in [1.29, 1.82) is 0 Å². The molecule has 0 saturated carbocycles. The maximum atomic E-state index is 11.0. The Morgan fingerprint density at radius 3 is 2.50 bits per heavy atom. The molecule has 2 N–H and O–H groups in total. The van der Waals surface area contributed by atoms with Crippen molar-refractivity contribution in [2.45, 2.75) is 30.7 Å². The van der Waals surface area contributed by atoms with Gasteiger partial charge in [-0.2, -0.15) is 0 Å². The fourth-order valence-corrected chi connectivity index (χ4v) is 1.75. The minimum Gasteiger partial charge on any atom is -0.460 e. The number of hydrogen-bond donors (Lipinski definition) is 2. The number of rotatable bonds is 5. The lowest BCUT2D eigenvalue weighted by atomic mass is 9.99. The van der Waals surface area contributed by atoms with Crippen LogP contribution in [0.4, 0.5) is 0 Å². The van der Waals surface area contributed by atoms with E-state index >= 15 is 0 Å². The smallest absolute Gasteiger partial charge is 0.330 e. The minimum atomic E-state index is -1.23. The van der Waals surface area contributed by atoms with Crippen LogP contribution >= 0.6 is 0 Å². The molecule has 1 aliphatic heterocycles. The second-order valence-corrected chi connectivity index (χ2v) is 3.79. The third-order valence-electron chi connectivity index (χ3n) is 2.70. The van der Waals surface area contributed by atoms with Crippen molar-refractivity contribution >= 4 is 5.97 Å². The Hall–Kier alpha value is -0.990. The number of esters is 1. The lowest BCUT2D eigenvalue weighted by molar-refractivity contribution is -0.298. The maximum absolute atomic E-state index is 11.0. The van der Waals surface area contributed by atoms with Gasteiger partial charge in [0, 0.05) is 20.3 Å². The summed E-state index contributed by atoms with van der Waals surface area (Å²) in [7, 11) is 2.69. The van der Waals surface area contributed by atoms with Gasteiger partial charge in [-0.05, 0) is 0 Å². The molecule has 1 rings (SSSR count). The zero-order valence-corrected chi connectivity index (χ0v) is 10.3. The number of hydrogen-bond acceptors (Lipinski definition) is 7. The molecule has 0 aromatic heterocycles. The minimum absolute atomic E-state index is 0.132. The molecule has 1 fully saturated rings. The standard InChI is InChI=1S/C11H18O7/c1-4-7(12)17-5-6-10(15-2)8(13)9(14)11(16-3)18-6/h4,6,8-11,13-14H,1,5H2,2-3H3. The van der Waals surface area contributed by atoms with Crippen molar-refractivity contribution in [3.8, 4) is 0 Å². The van der Waals surface area contributed by atoms with Gasteiger partial charge in [-0.3, -0.25) is 0 Å². The second kappa shape index (κ2) is 6.81. The van der Waals surface area contributed by atoms with Gasteiger partial charge < -0.3 is 29.2 Å². The maximum Gasteiger partial charge on any atom is 0.330 e. The molecular formula is C11H18O7. The van der Waals surface area contributed by atoms with Crippen LogP contribution in [-0.2, 0) is 23.7 Å². The van der Waals surface area contributed by atoms with Crippen molar-refractivity contribution in [3.05, 3.63) is 12.7 Å². The van der Waals surface area contributed by atoms with Crippen LogP contribution < -0.4 is 0 Å². The molecule has 1 heterocycles. The first-order chi connectivity index (χ1) is 8.54. The Kier molecular flexibility index (Phi) is 5.70. The molecule has 5 unspecified atom stereocenters. The summed E-state index contributed by atoms with van der Waals surface area (Å²) in [5.74, 6) is -0.608. The third kappa shape index (κ3) is 3.27. The van der Waals surface area contributed by atoms with Crippen molar-refractivity contribution in [3.63, 3.8) is 0 Å². The Morgan fingerprint density at radius 2 is 2.00 bits per heavy atom. The van der Waals surface area contributed by atoms with Crippen LogP contribution in [0.5, 0.6) is 0 Å². The normalized spacial score (nSPS) is 36.1. The van der Waals surface area contributed by atoms with Gasteiger partial charge in [0.2, 0.25) is 0 Å². The summed E-state index contributed by atoms with van der Waals surface area (Å²) in [4.78, 5) is 11.0. The molecule has 0 radical (unpaired) electrons. The highest BCUT2D eigenvalue weighted by atomic mass is 16.7. The molecule has 7 nitrogen and oxygen atoms in total. The highest BCUT2D eigenvalue weighted by Gasteiger charge is 2.45. The van der Waals surface area contributed by atoms with Crippen LogP contribution in [0.3, 0.4) is 0 Å². The monoisotopic (exact) mass is 262 g/mol. The topological polar surface area (TPSA) is 94.5 Å². The van der Waals surface area contributed by atoms with Gasteiger partial charge in [-0.25, -0.2) is 4.79 Å². The number of carbonyl (C=O) groups excluding carboxylic acids is 1. The predicted molar refractivity (Wildman–Crippen MR) is 59.6 cm³/mol. The molecule has 1 saturated heterocycles. The number of aliphatic hydroxyl groups excluding tert-OH is 2. The first kappa shape index (κ1) is 15.1. The van der Waals surface area contributed by atoms with E-state index in [1.807, 2.05) is 0 Å².